The van der Waals surface area contributed by atoms with Crippen molar-refractivity contribution in [2.45, 2.75) is 25.1 Å². The number of ether oxygens (including phenoxy) is 1. The molecule has 14 nitrogen and oxygen atoms in total. The summed E-state index contributed by atoms with van der Waals surface area (Å²) < 4.78 is 60.5. The topological polar surface area (TPSA) is 145 Å². The zero-order valence-electron chi connectivity index (χ0n) is 29.6. The molecule has 2 aromatic carbocycles. The first-order valence-electron chi connectivity index (χ1n) is 17.6. The normalized spacial score (nSPS) is 16.4. The predicted octanol–water partition coefficient (Wildman–Crippen LogP) is 5.86. The van der Waals surface area contributed by atoms with Gasteiger partial charge in [-0.25, -0.2) is 0 Å². The Balaban J connectivity index is 1.16. The molecule has 2 aliphatic rings. The van der Waals surface area contributed by atoms with Crippen LogP contribution in [0.1, 0.15) is 12.8 Å². The summed E-state index contributed by atoms with van der Waals surface area (Å²) in [5.41, 5.74) is 4.57. The van der Waals surface area contributed by atoms with Gasteiger partial charge in [0.1, 0.15) is 22.7 Å². The van der Waals surface area contributed by atoms with Gasteiger partial charge in [-0.15, -0.1) is 0 Å². The molecule has 0 radical (unpaired) electrons. The van der Waals surface area contributed by atoms with E-state index >= 15 is 0 Å². The van der Waals surface area contributed by atoms with E-state index in [0.717, 1.165) is 68.9 Å². The van der Waals surface area contributed by atoms with E-state index in [1.54, 1.807) is 53.6 Å². The van der Waals surface area contributed by atoms with Gasteiger partial charge in [0.2, 0.25) is 5.95 Å². The summed E-state index contributed by atoms with van der Waals surface area (Å²) in [6, 6.07) is 9.19. The minimum Gasteiger partial charge on any atom is -0.482 e. The largest absolute Gasteiger partial charge is 0.482 e. The SMILES string of the molecule is CN1CCN(C2CCN(c3cc(OCC(F)(F)F)c(Nc4nc(Nc5ccc6nccnc6c5P=O)c5cc[nH]c5n4)cc3-c3cnn(C)c3)CC2)CC1. The van der Waals surface area contributed by atoms with Crippen LogP contribution in [0.15, 0.2) is 61.3 Å². The summed E-state index contributed by atoms with van der Waals surface area (Å²) in [7, 11) is 3.69. The fourth-order valence-electron chi connectivity index (χ4n) is 7.21. The maximum Gasteiger partial charge on any atom is 0.422 e. The van der Waals surface area contributed by atoms with Crippen molar-refractivity contribution in [1.82, 2.24) is 44.5 Å². The Morgan fingerprint density at radius 1 is 0.963 bits per heavy atom. The summed E-state index contributed by atoms with van der Waals surface area (Å²) in [5, 5.41) is 11.8. The lowest BCUT2D eigenvalue weighted by atomic mass is 9.98. The van der Waals surface area contributed by atoms with Gasteiger partial charge in [-0.1, -0.05) is 0 Å². The van der Waals surface area contributed by atoms with Crippen molar-refractivity contribution in [2.75, 3.05) is 68.5 Å². The Kier molecular flexibility index (Phi) is 9.77. The number of piperazine rings is 1. The van der Waals surface area contributed by atoms with E-state index in [4.69, 9.17) is 9.72 Å². The van der Waals surface area contributed by atoms with E-state index < -0.39 is 12.8 Å². The first-order chi connectivity index (χ1) is 26.1. The lowest BCUT2D eigenvalue weighted by molar-refractivity contribution is -0.153. The van der Waals surface area contributed by atoms with E-state index in [1.165, 1.54) is 6.20 Å². The molecule has 0 spiro atoms. The molecule has 54 heavy (non-hydrogen) atoms. The third kappa shape index (κ3) is 7.52. The van der Waals surface area contributed by atoms with Crippen molar-refractivity contribution in [3.8, 4) is 16.9 Å². The summed E-state index contributed by atoms with van der Waals surface area (Å²) in [6.45, 7) is 4.13. The van der Waals surface area contributed by atoms with Gasteiger partial charge in [0.25, 0.3) is 0 Å². The first-order valence-corrected chi connectivity index (χ1v) is 18.4. The number of nitrogens with zero attached hydrogens (tertiary/aromatic N) is 9. The van der Waals surface area contributed by atoms with Crippen molar-refractivity contribution < 1.29 is 22.5 Å². The minimum absolute atomic E-state index is 0.00129. The monoisotopic (exact) mass is 758 g/mol. The number of alkyl halides is 3. The Bertz CT molecular complexity index is 2300. The average molecular weight is 759 g/mol. The average Bonchev–Trinajstić information content (AvgIpc) is 3.83. The summed E-state index contributed by atoms with van der Waals surface area (Å²) >= 11 is 0. The van der Waals surface area contributed by atoms with Crippen molar-refractivity contribution in [3.63, 3.8) is 0 Å². The van der Waals surface area contributed by atoms with Gasteiger partial charge in [-0.05, 0) is 44.2 Å². The van der Waals surface area contributed by atoms with Gasteiger partial charge in [0.15, 0.2) is 15.1 Å². The second-order valence-electron chi connectivity index (χ2n) is 13.6. The molecule has 6 heterocycles. The third-order valence-corrected chi connectivity index (χ3v) is 10.6. The van der Waals surface area contributed by atoms with Crippen LogP contribution in [-0.4, -0.2) is 110 Å². The van der Waals surface area contributed by atoms with Crippen LogP contribution in [-0.2, 0) is 11.6 Å². The molecule has 0 saturated carbocycles. The van der Waals surface area contributed by atoms with Crippen LogP contribution < -0.4 is 25.6 Å². The highest BCUT2D eigenvalue weighted by Gasteiger charge is 2.31. The zero-order chi connectivity index (χ0) is 37.4. The molecule has 18 heteroatoms. The fourth-order valence-corrected chi connectivity index (χ4v) is 7.70. The van der Waals surface area contributed by atoms with Crippen LogP contribution in [0.5, 0.6) is 5.75 Å². The fraction of sp³-hybridized carbons (Fsp3) is 0.361. The highest BCUT2D eigenvalue weighted by molar-refractivity contribution is 7.35. The highest BCUT2D eigenvalue weighted by atomic mass is 31.1. The molecule has 8 rings (SSSR count). The van der Waals surface area contributed by atoms with Gasteiger partial charge >= 0.3 is 6.18 Å². The third-order valence-electron chi connectivity index (χ3n) is 9.98. The van der Waals surface area contributed by atoms with Gasteiger partial charge in [0, 0.05) is 100 Å². The van der Waals surface area contributed by atoms with Gasteiger partial charge < -0.3 is 30.2 Å². The molecule has 4 aromatic heterocycles. The van der Waals surface area contributed by atoms with Crippen molar-refractivity contribution in [3.05, 3.63) is 61.3 Å². The number of anilines is 5. The van der Waals surface area contributed by atoms with E-state index in [9.17, 15) is 17.7 Å². The Morgan fingerprint density at radius 2 is 1.76 bits per heavy atom. The van der Waals surface area contributed by atoms with Crippen LogP contribution in [0, 0.1) is 0 Å². The predicted molar refractivity (Wildman–Crippen MR) is 202 cm³/mol. The van der Waals surface area contributed by atoms with E-state index in [-0.39, 0.29) is 25.8 Å². The molecule has 0 atom stereocenters. The van der Waals surface area contributed by atoms with E-state index in [1.807, 2.05) is 13.2 Å². The number of fused-ring (bicyclic) bond motifs is 2. The second kappa shape index (κ2) is 14.8. The van der Waals surface area contributed by atoms with Gasteiger partial charge in [-0.3, -0.25) is 24.1 Å². The standard InChI is InChI=1S/C36H38F3N12O2P/c1-48-13-15-50(16-14-48)23-6-11-51(12-7-23)29-18-30(53-21-36(37,38)39)28(17-25(29)22-19-43-49(2)20-22)45-35-46-33-24(5-8-42-33)34(47-35)44-27-4-3-26-31(32(27)54-52)41-10-9-40-26/h3-5,8-10,17-20,23H,6-7,11-16,21H2,1-2H3,(H3,42,44,45,46,47). The van der Waals surface area contributed by atoms with Crippen LogP contribution >= 0.6 is 8.46 Å². The molecule has 280 valence electrons. The van der Waals surface area contributed by atoms with Crippen LogP contribution in [0.25, 0.3) is 33.2 Å². The molecule has 0 aliphatic carbocycles. The summed E-state index contributed by atoms with van der Waals surface area (Å²) in [6.07, 6.45) is 5.70. The highest BCUT2D eigenvalue weighted by Crippen LogP contribution is 2.42. The number of nitrogens with one attached hydrogen (secondary N) is 3. The molecule has 3 N–H and O–H groups in total. The van der Waals surface area contributed by atoms with Crippen molar-refractivity contribution in [2.24, 2.45) is 7.05 Å². The number of likely N-dealkylation sites (N-methyl/N-ethyl adjacent to an activating group) is 1. The molecule has 2 saturated heterocycles. The molecule has 0 unspecified atom stereocenters. The number of halogens is 3. The van der Waals surface area contributed by atoms with Crippen LogP contribution in [0.3, 0.4) is 0 Å². The molecule has 0 amide bonds. The molecule has 2 aliphatic heterocycles. The zero-order valence-corrected chi connectivity index (χ0v) is 30.5. The smallest absolute Gasteiger partial charge is 0.422 e. The van der Waals surface area contributed by atoms with E-state index in [2.05, 4.69) is 57.4 Å². The molecular formula is C36H38F3N12O2P. The first kappa shape index (κ1) is 35.6. The molecule has 6 aromatic rings. The number of hydrogen-bond acceptors (Lipinski definition) is 12. The second-order valence-corrected chi connectivity index (χ2v) is 14.2. The Hall–Kier alpha value is -5.38. The molecular weight excluding hydrogens is 720 g/mol. The number of hydrogen-bond donors (Lipinski definition) is 3. The van der Waals surface area contributed by atoms with Crippen LogP contribution in [0.4, 0.5) is 42.0 Å². The van der Waals surface area contributed by atoms with Crippen LogP contribution in [0.2, 0.25) is 0 Å². The maximum absolute atomic E-state index is 13.7. The lowest BCUT2D eigenvalue weighted by Crippen LogP contribution is -2.52. The number of aryl methyl sites for hydroxylation is 1. The minimum atomic E-state index is -4.57. The van der Waals surface area contributed by atoms with Gasteiger partial charge in [0.05, 0.1) is 33.8 Å². The van der Waals surface area contributed by atoms with E-state index in [0.29, 0.717) is 44.9 Å². The number of H-pyrrole nitrogens is 1. The van der Waals surface area contributed by atoms with Gasteiger partial charge in [-0.2, -0.15) is 28.2 Å². The maximum atomic E-state index is 13.7. The summed E-state index contributed by atoms with van der Waals surface area (Å²) in [4.78, 5) is 28.3. The lowest BCUT2D eigenvalue weighted by Gasteiger charge is -2.43. The number of aromatic nitrogens is 7. The number of aromatic amines is 1. The molecule has 2 fully saturated rings. The number of benzene rings is 2. The number of rotatable bonds is 10. The van der Waals surface area contributed by atoms with Crippen molar-refractivity contribution in [1.29, 1.82) is 0 Å². The molecule has 0 bridgehead atoms. The quantitative estimate of drug-likeness (QED) is 0.144. The Labute approximate surface area is 310 Å². The number of piperidine rings is 1. The van der Waals surface area contributed by atoms with Crippen molar-refractivity contribution >= 4 is 64.7 Å². The summed E-state index contributed by atoms with van der Waals surface area (Å²) in [5.74, 6) is 0.451. The Morgan fingerprint density at radius 3 is 2.50 bits per heavy atom.